The highest BCUT2D eigenvalue weighted by molar-refractivity contribution is 7.22. The van der Waals surface area contributed by atoms with Crippen molar-refractivity contribution in [3.05, 3.63) is 60.2 Å². The maximum atomic E-state index is 5.54. The molecule has 0 unspecified atom stereocenters. The van der Waals surface area contributed by atoms with Gasteiger partial charge in [0.1, 0.15) is 13.1 Å². The molecule has 4 rings (SSSR count). The Bertz CT molecular complexity index is 854. The van der Waals surface area contributed by atoms with Crippen molar-refractivity contribution >= 4 is 32.4 Å². The molecule has 2 heterocycles. The first-order chi connectivity index (χ1) is 12.8. The highest BCUT2D eigenvalue weighted by Gasteiger charge is 2.29. The first kappa shape index (κ1) is 17.1. The van der Waals surface area contributed by atoms with Crippen molar-refractivity contribution in [3.63, 3.8) is 0 Å². The highest BCUT2D eigenvalue weighted by Crippen LogP contribution is 2.25. The minimum Gasteiger partial charge on any atom is -0.370 e. The molecule has 6 heteroatoms. The molecule has 2 aromatic carbocycles. The number of para-hydroxylation sites is 1. The summed E-state index contributed by atoms with van der Waals surface area (Å²) in [6.45, 7) is 5.69. The van der Waals surface area contributed by atoms with Gasteiger partial charge in [-0.2, -0.15) is 5.10 Å². The molecule has 0 aliphatic carbocycles. The van der Waals surface area contributed by atoms with E-state index in [1.54, 1.807) is 11.3 Å². The Morgan fingerprint density at radius 3 is 2.62 bits per heavy atom. The van der Waals surface area contributed by atoms with Gasteiger partial charge in [0.2, 0.25) is 5.13 Å². The lowest BCUT2D eigenvalue weighted by Gasteiger charge is -2.31. The summed E-state index contributed by atoms with van der Waals surface area (Å²) in [5.74, 6) is 0. The van der Waals surface area contributed by atoms with Gasteiger partial charge in [-0.25, -0.2) is 4.98 Å². The molecule has 0 bridgehead atoms. The van der Waals surface area contributed by atoms with Crippen LogP contribution in [-0.2, 0) is 4.74 Å². The smallest absolute Gasteiger partial charge is 0.204 e. The topological polar surface area (TPSA) is 51.0 Å². The van der Waals surface area contributed by atoms with Crippen LogP contribution in [0.15, 0.2) is 59.7 Å². The van der Waals surface area contributed by atoms with Crippen molar-refractivity contribution in [3.8, 4) is 0 Å². The molecule has 134 valence electrons. The second-order valence-electron chi connectivity index (χ2n) is 6.47. The molecular formula is C20H23N4OS+. The van der Waals surface area contributed by atoms with E-state index in [0.717, 1.165) is 42.7 Å². The zero-order chi connectivity index (χ0) is 17.8. The number of hydrogen-bond acceptors (Lipinski definition) is 5. The lowest BCUT2D eigenvalue weighted by molar-refractivity contribution is -0.928. The van der Waals surface area contributed by atoms with Gasteiger partial charge < -0.3 is 9.64 Å². The summed E-state index contributed by atoms with van der Waals surface area (Å²) in [6, 6.07) is 19.0. The van der Waals surface area contributed by atoms with Crippen LogP contribution in [0.1, 0.15) is 18.5 Å². The largest absolute Gasteiger partial charge is 0.370 e. The number of rotatable bonds is 5. The summed E-state index contributed by atoms with van der Waals surface area (Å²) in [4.78, 5) is 6.10. The van der Waals surface area contributed by atoms with Gasteiger partial charge in [0.05, 0.1) is 29.1 Å². The Labute approximate surface area is 157 Å². The number of anilines is 1. The number of thiazole rings is 1. The van der Waals surface area contributed by atoms with E-state index in [0.29, 0.717) is 0 Å². The second-order valence-corrected chi connectivity index (χ2v) is 7.50. The fraction of sp³-hybridized carbons (Fsp3) is 0.300. The second kappa shape index (κ2) is 7.95. The quantitative estimate of drug-likeness (QED) is 0.539. The summed E-state index contributed by atoms with van der Waals surface area (Å²) >= 11 is 1.63. The summed E-state index contributed by atoms with van der Waals surface area (Å²) in [6.07, 6.45) is 0. The van der Waals surface area contributed by atoms with E-state index >= 15 is 0 Å². The Morgan fingerprint density at radius 1 is 1.12 bits per heavy atom. The number of fused-ring (bicyclic) bond motifs is 1. The molecule has 26 heavy (non-hydrogen) atoms. The van der Waals surface area contributed by atoms with Crippen molar-refractivity contribution in [2.45, 2.75) is 13.0 Å². The van der Waals surface area contributed by atoms with E-state index in [-0.39, 0.29) is 6.04 Å². The van der Waals surface area contributed by atoms with E-state index in [1.165, 1.54) is 15.2 Å². The SMILES string of the molecule is C/C(=N/Nc1nc2ccccc2s1)[C@H](c1ccccc1)[NH+]1CCOCC1. The molecule has 1 atom stereocenters. The highest BCUT2D eigenvalue weighted by atomic mass is 32.1. The van der Waals surface area contributed by atoms with Crippen LogP contribution >= 0.6 is 11.3 Å². The normalized spacial score (nSPS) is 17.3. The van der Waals surface area contributed by atoms with E-state index in [9.17, 15) is 0 Å². The number of morpholine rings is 1. The van der Waals surface area contributed by atoms with Gasteiger partial charge in [0.25, 0.3) is 0 Å². The number of hydrazone groups is 1. The predicted molar refractivity (Wildman–Crippen MR) is 107 cm³/mol. The molecule has 0 saturated carbocycles. The molecule has 2 N–H and O–H groups in total. The molecule has 1 aliphatic rings. The molecular weight excluding hydrogens is 344 g/mol. The monoisotopic (exact) mass is 367 g/mol. The third kappa shape index (κ3) is 3.77. The molecule has 3 aromatic rings. The van der Waals surface area contributed by atoms with Crippen LogP contribution < -0.4 is 10.3 Å². The zero-order valence-electron chi connectivity index (χ0n) is 14.8. The summed E-state index contributed by atoms with van der Waals surface area (Å²) < 4.78 is 6.71. The van der Waals surface area contributed by atoms with Crippen LogP contribution in [0.5, 0.6) is 0 Å². The minimum atomic E-state index is 0.224. The van der Waals surface area contributed by atoms with Gasteiger partial charge in [-0.15, -0.1) is 0 Å². The standard InChI is InChI=1S/C20H22N4OS/c1-15(22-23-20-21-17-9-5-6-10-18(17)26-20)19(16-7-3-2-4-8-16)24-11-13-25-14-12-24/h2-10,19H,11-14H2,1H3,(H,21,23)/p+1/b22-15-/t19-/m1/s1. The lowest BCUT2D eigenvalue weighted by Crippen LogP contribution is -3.15. The van der Waals surface area contributed by atoms with Crippen molar-refractivity contribution in [1.29, 1.82) is 0 Å². The molecule has 0 spiro atoms. The van der Waals surface area contributed by atoms with E-state index in [1.807, 2.05) is 18.2 Å². The molecule has 5 nitrogen and oxygen atoms in total. The van der Waals surface area contributed by atoms with Crippen LogP contribution in [0.4, 0.5) is 5.13 Å². The Kier molecular flexibility index (Phi) is 5.24. The summed E-state index contributed by atoms with van der Waals surface area (Å²) in [5.41, 5.74) is 6.53. The van der Waals surface area contributed by atoms with Crippen molar-refractivity contribution in [1.82, 2.24) is 4.98 Å². The zero-order valence-corrected chi connectivity index (χ0v) is 15.6. The van der Waals surface area contributed by atoms with Crippen LogP contribution in [-0.4, -0.2) is 37.0 Å². The average molecular weight is 367 g/mol. The van der Waals surface area contributed by atoms with Gasteiger partial charge in [0, 0.05) is 5.56 Å². The Balaban J connectivity index is 1.58. The van der Waals surface area contributed by atoms with Gasteiger partial charge in [-0.05, 0) is 19.1 Å². The number of hydrogen-bond donors (Lipinski definition) is 2. The maximum Gasteiger partial charge on any atom is 0.204 e. The van der Waals surface area contributed by atoms with Crippen molar-refractivity contribution in [2.75, 3.05) is 31.7 Å². The van der Waals surface area contributed by atoms with Gasteiger partial charge in [0.15, 0.2) is 6.04 Å². The van der Waals surface area contributed by atoms with E-state index in [2.05, 4.69) is 53.7 Å². The van der Waals surface area contributed by atoms with Crippen LogP contribution in [0.25, 0.3) is 10.2 Å². The average Bonchev–Trinajstić information content (AvgIpc) is 3.11. The number of ether oxygens (including phenoxy) is 1. The fourth-order valence-electron chi connectivity index (χ4n) is 3.46. The molecule has 1 fully saturated rings. The van der Waals surface area contributed by atoms with Crippen LogP contribution in [0, 0.1) is 0 Å². The fourth-order valence-corrected chi connectivity index (χ4v) is 4.27. The molecule has 0 radical (unpaired) electrons. The number of aromatic nitrogens is 1. The molecule has 0 amide bonds. The van der Waals surface area contributed by atoms with E-state index < -0.39 is 0 Å². The van der Waals surface area contributed by atoms with Crippen molar-refractivity contribution in [2.24, 2.45) is 5.10 Å². The van der Waals surface area contributed by atoms with Gasteiger partial charge >= 0.3 is 0 Å². The third-order valence-electron chi connectivity index (χ3n) is 4.72. The van der Waals surface area contributed by atoms with Crippen molar-refractivity contribution < 1.29 is 9.64 Å². The number of nitrogens with one attached hydrogen (secondary N) is 2. The first-order valence-electron chi connectivity index (χ1n) is 8.94. The van der Waals surface area contributed by atoms with E-state index in [4.69, 9.17) is 9.84 Å². The number of quaternary nitrogens is 1. The minimum absolute atomic E-state index is 0.224. The maximum absolute atomic E-state index is 5.54. The predicted octanol–water partition coefficient (Wildman–Crippen LogP) is 2.74. The lowest BCUT2D eigenvalue weighted by atomic mass is 10.0. The molecule has 1 saturated heterocycles. The van der Waals surface area contributed by atoms with Gasteiger partial charge in [-0.3, -0.25) is 5.43 Å². The number of benzene rings is 2. The first-order valence-corrected chi connectivity index (χ1v) is 9.76. The third-order valence-corrected chi connectivity index (χ3v) is 5.66. The molecule has 1 aromatic heterocycles. The Morgan fingerprint density at radius 2 is 1.85 bits per heavy atom. The Hall–Kier alpha value is -2.28. The van der Waals surface area contributed by atoms with Gasteiger partial charge in [-0.1, -0.05) is 53.8 Å². The van der Waals surface area contributed by atoms with Crippen LogP contribution in [0.3, 0.4) is 0 Å². The van der Waals surface area contributed by atoms with Crippen LogP contribution in [0.2, 0.25) is 0 Å². The summed E-state index contributed by atoms with van der Waals surface area (Å²) in [7, 11) is 0. The number of nitrogens with zero attached hydrogens (tertiary/aromatic N) is 2. The summed E-state index contributed by atoms with van der Waals surface area (Å²) in [5, 5.41) is 5.52. The molecule has 1 aliphatic heterocycles.